The number of aromatic nitrogens is 1. The van der Waals surface area contributed by atoms with Gasteiger partial charge in [-0.05, 0) is 105 Å². The molecule has 2 saturated carbocycles. The molecule has 6 rings (SSSR count). The van der Waals surface area contributed by atoms with Gasteiger partial charge in [-0.25, -0.2) is 12.8 Å². The molecule has 2 fully saturated rings. The predicted molar refractivity (Wildman–Crippen MR) is 151 cm³/mol. The van der Waals surface area contributed by atoms with Gasteiger partial charge in [-0.2, -0.15) is 26.3 Å². The topological polar surface area (TPSA) is 99.6 Å². The number of rotatable bonds is 6. The number of hydrogen-bond acceptors (Lipinski definition) is 5. The summed E-state index contributed by atoms with van der Waals surface area (Å²) in [6, 6.07) is 9.27. The Morgan fingerprint density at radius 1 is 0.978 bits per heavy atom. The van der Waals surface area contributed by atoms with E-state index in [1.807, 2.05) is 0 Å². The molecule has 7 nitrogen and oxygen atoms in total. The van der Waals surface area contributed by atoms with Gasteiger partial charge >= 0.3 is 12.4 Å². The van der Waals surface area contributed by atoms with Crippen LogP contribution in [0.3, 0.4) is 0 Å². The second-order valence-electron chi connectivity index (χ2n) is 12.1. The van der Waals surface area contributed by atoms with Crippen LogP contribution in [0.25, 0.3) is 0 Å². The fourth-order valence-corrected chi connectivity index (χ4v) is 8.72. The zero-order valence-electron chi connectivity index (χ0n) is 24.0. The van der Waals surface area contributed by atoms with Crippen LogP contribution in [-0.2, 0) is 28.2 Å². The van der Waals surface area contributed by atoms with Gasteiger partial charge in [0.2, 0.25) is 0 Å². The lowest BCUT2D eigenvalue weighted by molar-refractivity contribution is -0.273. The van der Waals surface area contributed by atoms with Gasteiger partial charge in [0.15, 0.2) is 5.60 Å². The van der Waals surface area contributed by atoms with Gasteiger partial charge in [0.1, 0.15) is 5.82 Å². The molecule has 1 unspecified atom stereocenters. The highest BCUT2D eigenvalue weighted by Gasteiger charge is 2.65. The van der Waals surface area contributed by atoms with Crippen molar-refractivity contribution < 1.29 is 49.1 Å². The van der Waals surface area contributed by atoms with Gasteiger partial charge < -0.3 is 10.4 Å². The van der Waals surface area contributed by atoms with E-state index in [1.165, 1.54) is 18.2 Å². The van der Waals surface area contributed by atoms with Crippen molar-refractivity contribution in [3.63, 3.8) is 0 Å². The first kappa shape index (κ1) is 32.2. The van der Waals surface area contributed by atoms with Crippen molar-refractivity contribution in [3.05, 3.63) is 89.0 Å². The number of hydrogen-bond donors (Lipinski definition) is 2. The highest BCUT2D eigenvalue weighted by molar-refractivity contribution is 7.92. The fourth-order valence-electron chi connectivity index (χ4n) is 6.92. The number of fused-ring (bicyclic) bond motifs is 2. The molecular formula is C31H28F7N3O4S. The third-order valence-electron chi connectivity index (χ3n) is 9.40. The van der Waals surface area contributed by atoms with E-state index < -0.39 is 81.8 Å². The fraction of sp³-hybridized carbons (Fsp3) is 0.419. The Bertz CT molecular complexity index is 1770. The normalized spacial score (nSPS) is 25.0. The average molecular weight is 672 g/mol. The second kappa shape index (κ2) is 10.9. The van der Waals surface area contributed by atoms with Gasteiger partial charge in [-0.15, -0.1) is 0 Å². The van der Waals surface area contributed by atoms with Crippen molar-refractivity contribution in [3.8, 4) is 0 Å². The third kappa shape index (κ3) is 5.40. The molecule has 1 aromatic heterocycles. The van der Waals surface area contributed by atoms with Crippen molar-refractivity contribution in [2.45, 2.75) is 79.4 Å². The molecule has 1 atom stereocenters. The molecule has 0 bridgehead atoms. The number of nitrogens with zero attached hydrogens (tertiary/aromatic N) is 2. The molecule has 246 valence electrons. The summed E-state index contributed by atoms with van der Waals surface area (Å²) in [6.07, 6.45) is -9.22. The Balaban J connectivity index is 1.41. The number of aliphatic hydroxyl groups is 1. The minimum absolute atomic E-state index is 0.0464. The zero-order valence-corrected chi connectivity index (χ0v) is 24.8. The Morgan fingerprint density at radius 3 is 2.22 bits per heavy atom. The van der Waals surface area contributed by atoms with Crippen LogP contribution in [0.15, 0.2) is 65.7 Å². The highest BCUT2D eigenvalue weighted by atomic mass is 32.2. The van der Waals surface area contributed by atoms with Crippen molar-refractivity contribution >= 4 is 21.6 Å². The van der Waals surface area contributed by atoms with Crippen LogP contribution in [0.4, 0.5) is 36.4 Å². The van der Waals surface area contributed by atoms with E-state index in [-0.39, 0.29) is 34.9 Å². The van der Waals surface area contributed by atoms with Gasteiger partial charge in [-0.1, -0.05) is 0 Å². The molecule has 2 aromatic carbocycles. The first-order chi connectivity index (χ1) is 21.5. The lowest BCUT2D eigenvalue weighted by Gasteiger charge is -2.47. The Kier molecular flexibility index (Phi) is 7.66. The Hall–Kier alpha value is -3.72. The summed E-state index contributed by atoms with van der Waals surface area (Å²) in [5.41, 5.74) is -5.28. The molecule has 2 N–H and O–H groups in total. The molecule has 0 radical (unpaired) electrons. The van der Waals surface area contributed by atoms with E-state index in [1.54, 1.807) is 0 Å². The van der Waals surface area contributed by atoms with Gasteiger partial charge in [0.25, 0.3) is 15.9 Å². The molecule has 3 aromatic rings. The largest absolute Gasteiger partial charge is 0.418 e. The highest BCUT2D eigenvalue weighted by Crippen LogP contribution is 2.62. The van der Waals surface area contributed by atoms with E-state index >= 15 is 0 Å². The number of pyridine rings is 1. The molecular weight excluding hydrogens is 643 g/mol. The molecule has 1 aliphatic heterocycles. The smallest absolute Gasteiger partial charge is 0.380 e. The van der Waals surface area contributed by atoms with Crippen LogP contribution in [0.1, 0.15) is 65.7 Å². The lowest BCUT2D eigenvalue weighted by Crippen LogP contribution is -2.56. The summed E-state index contributed by atoms with van der Waals surface area (Å²) in [7, 11) is -4.39. The summed E-state index contributed by atoms with van der Waals surface area (Å²) >= 11 is 0. The van der Waals surface area contributed by atoms with Crippen molar-refractivity contribution in [2.24, 2.45) is 5.92 Å². The number of amides is 1. The number of benzene rings is 2. The maximum absolute atomic E-state index is 14.2. The Labute approximate surface area is 259 Å². The summed E-state index contributed by atoms with van der Waals surface area (Å²) in [4.78, 5) is 16.8. The van der Waals surface area contributed by atoms with Crippen LogP contribution in [0.5, 0.6) is 0 Å². The number of nitrogens with one attached hydrogen (secondary N) is 1. The summed E-state index contributed by atoms with van der Waals surface area (Å²) in [5.74, 6) is -1.71. The summed E-state index contributed by atoms with van der Waals surface area (Å²) < 4.78 is 125. The average Bonchev–Trinajstić information content (AvgIpc) is 3.79. The minimum atomic E-state index is -4.92. The minimum Gasteiger partial charge on any atom is -0.380 e. The second-order valence-corrected chi connectivity index (χ2v) is 13.9. The van der Waals surface area contributed by atoms with E-state index in [9.17, 15) is 49.1 Å². The molecule has 46 heavy (non-hydrogen) atoms. The predicted octanol–water partition coefficient (Wildman–Crippen LogP) is 6.26. The zero-order chi connectivity index (χ0) is 33.3. The Morgan fingerprint density at radius 2 is 1.63 bits per heavy atom. The first-order valence-corrected chi connectivity index (χ1v) is 15.9. The molecule has 2 aliphatic carbocycles. The number of carbonyl (C=O) groups excluding carboxylic acids is 1. The van der Waals surface area contributed by atoms with E-state index in [2.05, 4.69) is 10.3 Å². The van der Waals surface area contributed by atoms with Crippen molar-refractivity contribution in [2.75, 3.05) is 4.31 Å². The van der Waals surface area contributed by atoms with Crippen LogP contribution in [0, 0.1) is 11.7 Å². The van der Waals surface area contributed by atoms with Crippen LogP contribution < -0.4 is 9.62 Å². The first-order valence-electron chi connectivity index (χ1n) is 14.5. The van der Waals surface area contributed by atoms with Crippen LogP contribution in [0.2, 0.25) is 0 Å². The van der Waals surface area contributed by atoms with Crippen molar-refractivity contribution in [1.29, 1.82) is 0 Å². The summed E-state index contributed by atoms with van der Waals surface area (Å²) in [6.45, 7) is -0.578. The maximum Gasteiger partial charge on any atom is 0.418 e. The van der Waals surface area contributed by atoms with Gasteiger partial charge in [-0.3, -0.25) is 14.1 Å². The molecule has 15 heteroatoms. The third-order valence-corrected chi connectivity index (χ3v) is 11.2. The number of carbonyl (C=O) groups is 1. The summed E-state index contributed by atoms with van der Waals surface area (Å²) in [5, 5.41) is 12.9. The molecule has 1 amide bonds. The quantitative estimate of drug-likeness (QED) is 0.302. The monoisotopic (exact) mass is 671 g/mol. The van der Waals surface area contributed by atoms with Crippen LogP contribution >= 0.6 is 0 Å². The molecule has 0 saturated heterocycles. The number of halogens is 7. The molecule has 2 heterocycles. The lowest BCUT2D eigenvalue weighted by atomic mass is 9.61. The van der Waals surface area contributed by atoms with Gasteiger partial charge in [0.05, 0.1) is 34.4 Å². The maximum atomic E-state index is 14.2. The molecule has 3 aliphatic rings. The van der Waals surface area contributed by atoms with Crippen LogP contribution in [-0.4, -0.2) is 42.2 Å². The number of sulfonamides is 1. The van der Waals surface area contributed by atoms with Crippen molar-refractivity contribution in [1.82, 2.24) is 10.3 Å². The standard InChI is InChI=1S/C31H28F7N3O4S/c32-20-6-8-21(9-7-20)46(44,45)41-25-10-5-19(27(42)40-17-24-22(30(33,34)35)2-1-15-39-24)16-23(25)28(26(41)18-3-4-18)11-13-29(43,14-12-28)31(36,37)38/h1-2,5-10,15-16,18,26,43H,3-4,11-14,17H2,(H,40,42). The number of anilines is 1. The van der Waals surface area contributed by atoms with E-state index in [0.717, 1.165) is 46.9 Å². The SMILES string of the molecule is O=C(NCc1ncccc1C(F)(F)F)c1ccc2c(c1)C1(CCC(O)(C(F)(F)F)CC1)C(C1CC1)N2S(=O)(=O)c1ccc(F)cc1. The van der Waals surface area contributed by atoms with Gasteiger partial charge in [0, 0.05) is 17.2 Å². The number of alkyl halides is 6. The van der Waals surface area contributed by atoms with E-state index in [0.29, 0.717) is 18.4 Å². The van der Waals surface area contributed by atoms with E-state index in [4.69, 9.17) is 0 Å². The molecule has 1 spiro atoms.